The molecule has 0 aliphatic carbocycles. The number of hydrogen-bond acceptors (Lipinski definition) is 4. The van der Waals surface area contributed by atoms with E-state index in [1.165, 1.54) is 33.0 Å². The molecule has 0 saturated carbocycles. The summed E-state index contributed by atoms with van der Waals surface area (Å²) in [5, 5.41) is 12.1. The molecule has 5 nitrogen and oxygen atoms in total. The summed E-state index contributed by atoms with van der Waals surface area (Å²) in [7, 11) is 0. The minimum Gasteiger partial charge on any atom is -0.454 e. The molecule has 2 unspecified atom stereocenters. The van der Waals surface area contributed by atoms with Gasteiger partial charge in [-0.05, 0) is 64.2 Å². The largest absolute Gasteiger partial charge is 0.454 e. The van der Waals surface area contributed by atoms with Gasteiger partial charge in [-0.2, -0.15) is 0 Å². The van der Waals surface area contributed by atoms with Gasteiger partial charge in [0.2, 0.25) is 0 Å². The van der Waals surface area contributed by atoms with E-state index in [0.29, 0.717) is 0 Å². The van der Waals surface area contributed by atoms with Gasteiger partial charge < -0.3 is 14.3 Å². The van der Waals surface area contributed by atoms with Gasteiger partial charge in [0, 0.05) is 32.7 Å². The van der Waals surface area contributed by atoms with Crippen molar-refractivity contribution in [3.63, 3.8) is 0 Å². The van der Waals surface area contributed by atoms with E-state index < -0.39 is 0 Å². The van der Waals surface area contributed by atoms with E-state index >= 15 is 0 Å². The van der Waals surface area contributed by atoms with Crippen LogP contribution in [0.5, 0.6) is 0 Å². The molecule has 1 aliphatic heterocycles. The molecule has 2 N–H and O–H groups in total. The molecule has 5 heteroatoms. The highest BCUT2D eigenvalue weighted by Gasteiger charge is 2.28. The zero-order valence-corrected chi connectivity index (χ0v) is 30.4. The number of aromatic nitrogens is 1. The Morgan fingerprint density at radius 3 is 1.68 bits per heavy atom. The average molecular weight is 721 g/mol. The number of nitrogens with one attached hydrogen (secondary N) is 2. The molecule has 0 amide bonds. The molecule has 2 aromatic heterocycles. The van der Waals surface area contributed by atoms with Crippen molar-refractivity contribution >= 4 is 49.6 Å². The van der Waals surface area contributed by atoms with Crippen molar-refractivity contribution in [3.05, 3.63) is 211 Å². The third kappa shape index (κ3) is 5.40. The quantitative estimate of drug-likeness (QED) is 0.180. The van der Waals surface area contributed by atoms with E-state index in [1.807, 2.05) is 12.1 Å². The fraction of sp³-hybridized carbons (Fsp3) is 0.0392. The van der Waals surface area contributed by atoms with E-state index in [0.717, 1.165) is 61.2 Å². The van der Waals surface area contributed by atoms with Crippen molar-refractivity contribution in [2.24, 2.45) is 4.99 Å². The van der Waals surface area contributed by atoms with Crippen molar-refractivity contribution < 1.29 is 4.42 Å². The summed E-state index contributed by atoms with van der Waals surface area (Å²) in [5.41, 5.74) is 13.0. The lowest BCUT2D eigenvalue weighted by atomic mass is 10.0. The Labute approximate surface area is 324 Å². The summed E-state index contributed by atoms with van der Waals surface area (Å²) in [5.74, 6) is 0.851. The van der Waals surface area contributed by atoms with Crippen molar-refractivity contribution in [2.75, 3.05) is 0 Å². The van der Waals surface area contributed by atoms with Gasteiger partial charge in [-0.1, -0.05) is 158 Å². The zero-order chi connectivity index (χ0) is 37.0. The van der Waals surface area contributed by atoms with Crippen molar-refractivity contribution in [1.82, 2.24) is 15.2 Å². The summed E-state index contributed by atoms with van der Waals surface area (Å²) in [4.78, 5) is 5.15. The molecular weight excluding hydrogens is 685 g/mol. The second kappa shape index (κ2) is 13.3. The second-order valence-electron chi connectivity index (χ2n) is 14.4. The van der Waals surface area contributed by atoms with Crippen LogP contribution in [0.25, 0.3) is 71.7 Å². The number of amidine groups is 1. The first-order valence-corrected chi connectivity index (χ1v) is 19.1. The minimum absolute atomic E-state index is 0.234. The summed E-state index contributed by atoms with van der Waals surface area (Å²) in [6.07, 6.45) is -0.470. The van der Waals surface area contributed by atoms with Crippen LogP contribution in [-0.4, -0.2) is 10.4 Å². The van der Waals surface area contributed by atoms with Crippen LogP contribution < -0.4 is 10.6 Å². The van der Waals surface area contributed by atoms with Gasteiger partial charge in [0.15, 0.2) is 5.58 Å². The molecule has 11 rings (SSSR count). The van der Waals surface area contributed by atoms with E-state index in [9.17, 15) is 0 Å². The van der Waals surface area contributed by atoms with Gasteiger partial charge in [0.05, 0.1) is 16.7 Å². The molecule has 3 heterocycles. The first kappa shape index (κ1) is 32.2. The molecule has 10 aromatic rings. The molecule has 8 aromatic carbocycles. The van der Waals surface area contributed by atoms with Gasteiger partial charge in [-0.25, -0.2) is 4.99 Å². The number of fused-ring (bicyclic) bond motifs is 6. The molecule has 1 aliphatic rings. The van der Waals surface area contributed by atoms with Crippen LogP contribution in [-0.2, 0) is 0 Å². The predicted molar refractivity (Wildman–Crippen MR) is 230 cm³/mol. The molecule has 266 valence electrons. The third-order valence-electron chi connectivity index (χ3n) is 11.1. The van der Waals surface area contributed by atoms with E-state index in [-0.39, 0.29) is 12.3 Å². The Balaban J connectivity index is 1.10. The van der Waals surface area contributed by atoms with Crippen molar-refractivity contribution in [2.45, 2.75) is 12.3 Å². The Morgan fingerprint density at radius 1 is 0.482 bits per heavy atom. The number of benzene rings is 8. The number of hydrogen-bond donors (Lipinski definition) is 2. The molecular formula is C51H36N4O. The minimum atomic E-state index is -0.235. The fourth-order valence-electron chi connectivity index (χ4n) is 8.45. The third-order valence-corrected chi connectivity index (χ3v) is 11.1. The SMILES string of the molecule is c1ccc(C2=NC(c3ccccc3)NC(c3cccc4oc5c(-n6c7ccc(-c8ccccc8)cc7c7cc(-c8ccccc8)ccc76)cccc5c34)N2)cc1. The molecule has 0 radical (unpaired) electrons. The highest BCUT2D eigenvalue weighted by molar-refractivity contribution is 6.15. The van der Waals surface area contributed by atoms with Gasteiger partial charge in [0.25, 0.3) is 0 Å². The molecule has 2 atom stereocenters. The summed E-state index contributed by atoms with van der Waals surface area (Å²) < 4.78 is 9.32. The van der Waals surface area contributed by atoms with E-state index in [4.69, 9.17) is 9.41 Å². The fourth-order valence-corrected chi connectivity index (χ4v) is 8.45. The Hall–Kier alpha value is -7.21. The van der Waals surface area contributed by atoms with E-state index in [2.05, 4.69) is 197 Å². The van der Waals surface area contributed by atoms with Crippen LogP contribution in [0.1, 0.15) is 29.0 Å². The standard InChI is InChI=1S/C51H36N4O/c1-5-15-33(16-6-1)37-27-29-43-41(31-37)42-32-38(34-17-7-2-8-18-34)28-30-44(42)55(43)45-25-13-23-39-47-40(24-14-26-46(47)56-48(39)45)51-53-49(35-19-9-3-10-20-35)52-50(54-51)36-21-11-4-12-22-36/h1-32,49,51,53H,(H,52,54). The normalized spacial score (nSPS) is 15.7. The van der Waals surface area contributed by atoms with Crippen LogP contribution in [0.4, 0.5) is 0 Å². The summed E-state index contributed by atoms with van der Waals surface area (Å²) in [6.45, 7) is 0. The highest BCUT2D eigenvalue weighted by atomic mass is 16.3. The Kier molecular flexibility index (Phi) is 7.64. The van der Waals surface area contributed by atoms with Crippen molar-refractivity contribution in [1.29, 1.82) is 0 Å². The van der Waals surface area contributed by atoms with Crippen LogP contribution in [0, 0.1) is 0 Å². The lowest BCUT2D eigenvalue weighted by Crippen LogP contribution is -2.45. The summed E-state index contributed by atoms with van der Waals surface area (Å²) in [6, 6.07) is 68.6. The number of nitrogens with zero attached hydrogens (tertiary/aromatic N) is 2. The van der Waals surface area contributed by atoms with Gasteiger partial charge in [-0.15, -0.1) is 0 Å². The second-order valence-corrected chi connectivity index (χ2v) is 14.4. The Bertz CT molecular complexity index is 2980. The predicted octanol–water partition coefficient (Wildman–Crippen LogP) is 12.4. The lowest BCUT2D eigenvalue weighted by Gasteiger charge is -2.32. The number of furan rings is 1. The van der Waals surface area contributed by atoms with Crippen LogP contribution in [0.3, 0.4) is 0 Å². The monoisotopic (exact) mass is 720 g/mol. The topological polar surface area (TPSA) is 54.5 Å². The number of para-hydroxylation sites is 1. The maximum Gasteiger partial charge on any atom is 0.159 e. The molecule has 0 spiro atoms. The summed E-state index contributed by atoms with van der Waals surface area (Å²) >= 11 is 0. The van der Waals surface area contributed by atoms with Gasteiger partial charge >= 0.3 is 0 Å². The number of aliphatic imine (C=N–C) groups is 1. The zero-order valence-electron chi connectivity index (χ0n) is 30.4. The smallest absolute Gasteiger partial charge is 0.159 e. The molecule has 56 heavy (non-hydrogen) atoms. The first-order chi connectivity index (χ1) is 27.8. The molecule has 0 bridgehead atoms. The van der Waals surface area contributed by atoms with Crippen LogP contribution in [0.2, 0.25) is 0 Å². The average Bonchev–Trinajstić information content (AvgIpc) is 3.83. The maximum atomic E-state index is 6.94. The first-order valence-electron chi connectivity index (χ1n) is 19.1. The maximum absolute atomic E-state index is 6.94. The highest BCUT2D eigenvalue weighted by Crippen LogP contribution is 2.42. The van der Waals surface area contributed by atoms with Crippen molar-refractivity contribution in [3.8, 4) is 27.9 Å². The van der Waals surface area contributed by atoms with Crippen LogP contribution >= 0.6 is 0 Å². The lowest BCUT2D eigenvalue weighted by molar-refractivity contribution is 0.411. The molecule has 0 fully saturated rings. The van der Waals surface area contributed by atoms with Gasteiger partial charge in [0.1, 0.15) is 23.8 Å². The van der Waals surface area contributed by atoms with E-state index in [1.54, 1.807) is 0 Å². The van der Waals surface area contributed by atoms with Gasteiger partial charge in [-0.3, -0.25) is 5.32 Å². The number of rotatable bonds is 6. The van der Waals surface area contributed by atoms with Crippen LogP contribution in [0.15, 0.2) is 204 Å². The molecule has 0 saturated heterocycles. The Morgan fingerprint density at radius 2 is 1.05 bits per heavy atom.